The van der Waals surface area contributed by atoms with Crippen LogP contribution in [0.5, 0.6) is 0 Å². The lowest BCUT2D eigenvalue weighted by Gasteiger charge is -2.24. The van der Waals surface area contributed by atoms with Gasteiger partial charge in [-0.15, -0.1) is 0 Å². The Morgan fingerprint density at radius 3 is 2.32 bits per heavy atom. The predicted octanol–water partition coefficient (Wildman–Crippen LogP) is 3.88. The number of carbonyl (C=O) groups is 1. The van der Waals surface area contributed by atoms with E-state index in [0.29, 0.717) is 35.1 Å². The smallest absolute Gasteiger partial charge is 0.261 e. The first-order chi connectivity index (χ1) is 14.8. The molecule has 3 N–H and O–H groups in total. The summed E-state index contributed by atoms with van der Waals surface area (Å²) in [6, 6.07) is 16.0. The molecule has 0 radical (unpaired) electrons. The molecule has 2 atom stereocenters. The monoisotopic (exact) mass is 420 g/mol. The Labute approximate surface area is 183 Å². The predicted molar refractivity (Wildman–Crippen MR) is 125 cm³/mol. The Morgan fingerprint density at radius 1 is 1.06 bits per heavy atom. The van der Waals surface area contributed by atoms with Gasteiger partial charge in [-0.3, -0.25) is 14.2 Å². The van der Waals surface area contributed by atoms with Crippen molar-refractivity contribution in [3.05, 3.63) is 75.8 Å². The maximum Gasteiger partial charge on any atom is 0.261 e. The summed E-state index contributed by atoms with van der Waals surface area (Å²) >= 11 is 0. The molecule has 0 saturated carbocycles. The topological polar surface area (TPSA) is 90.0 Å². The third kappa shape index (κ3) is 5.20. The number of primary amides is 1. The van der Waals surface area contributed by atoms with Crippen LogP contribution in [0.4, 0.5) is 0 Å². The summed E-state index contributed by atoms with van der Waals surface area (Å²) in [5, 5.41) is 4.03. The van der Waals surface area contributed by atoms with Gasteiger partial charge >= 0.3 is 0 Å². The van der Waals surface area contributed by atoms with Crippen LogP contribution in [-0.2, 0) is 17.9 Å². The van der Waals surface area contributed by atoms with Crippen molar-refractivity contribution in [1.29, 1.82) is 0 Å². The number of hydrogen-bond donors (Lipinski definition) is 2. The summed E-state index contributed by atoms with van der Waals surface area (Å²) in [7, 11) is 0. The van der Waals surface area contributed by atoms with E-state index in [2.05, 4.69) is 62.3 Å². The number of nitrogens with zero attached hydrogens (tertiary/aromatic N) is 2. The van der Waals surface area contributed by atoms with Crippen molar-refractivity contribution < 1.29 is 4.79 Å². The van der Waals surface area contributed by atoms with Crippen molar-refractivity contribution in [3.8, 4) is 0 Å². The fraction of sp³-hybridized carbons (Fsp3) is 0.400. The van der Waals surface area contributed by atoms with E-state index in [1.807, 2.05) is 12.1 Å². The largest absolute Gasteiger partial charge is 0.368 e. The van der Waals surface area contributed by atoms with E-state index in [1.54, 1.807) is 12.1 Å². The molecule has 3 rings (SSSR count). The number of aromatic nitrogens is 2. The van der Waals surface area contributed by atoms with Crippen molar-refractivity contribution in [2.45, 2.75) is 59.2 Å². The summed E-state index contributed by atoms with van der Waals surface area (Å²) in [4.78, 5) is 29.2. The molecular weight excluding hydrogens is 388 g/mol. The first-order valence-corrected chi connectivity index (χ1v) is 10.9. The minimum Gasteiger partial charge on any atom is -0.368 e. The van der Waals surface area contributed by atoms with Crippen molar-refractivity contribution in [3.63, 3.8) is 0 Å². The van der Waals surface area contributed by atoms with E-state index in [1.165, 1.54) is 15.7 Å². The Kier molecular flexibility index (Phi) is 7.23. The van der Waals surface area contributed by atoms with Gasteiger partial charge in [0.05, 0.1) is 17.4 Å². The average Bonchev–Trinajstić information content (AvgIpc) is 2.75. The van der Waals surface area contributed by atoms with E-state index >= 15 is 0 Å². The molecule has 1 amide bonds. The number of benzene rings is 2. The Bertz CT molecular complexity index is 1100. The number of para-hydroxylation sites is 1. The van der Waals surface area contributed by atoms with E-state index in [-0.39, 0.29) is 18.1 Å². The van der Waals surface area contributed by atoms with Gasteiger partial charge in [0.15, 0.2) is 0 Å². The molecule has 6 heteroatoms. The molecule has 0 bridgehead atoms. The van der Waals surface area contributed by atoms with Crippen LogP contribution in [-0.4, -0.2) is 15.5 Å². The SMILES string of the molecule is CC[C@H](C)c1ccc([C@@H](NCc2nc3ccccc3c(=O)n2CC(N)=O)C(C)C)cc1. The van der Waals surface area contributed by atoms with E-state index in [4.69, 9.17) is 5.73 Å². The maximum absolute atomic E-state index is 13.0. The van der Waals surface area contributed by atoms with Gasteiger partial charge in [0.1, 0.15) is 12.4 Å². The number of hydrogen-bond acceptors (Lipinski definition) is 4. The van der Waals surface area contributed by atoms with Gasteiger partial charge in [0, 0.05) is 6.04 Å². The first kappa shape index (κ1) is 22.7. The zero-order valence-corrected chi connectivity index (χ0v) is 18.8. The second kappa shape index (κ2) is 9.88. The molecule has 6 nitrogen and oxygen atoms in total. The summed E-state index contributed by atoms with van der Waals surface area (Å²) in [5.74, 6) is 0.793. The summed E-state index contributed by atoms with van der Waals surface area (Å²) in [6.07, 6.45) is 1.11. The zero-order valence-electron chi connectivity index (χ0n) is 18.8. The van der Waals surface area contributed by atoms with Crippen LogP contribution in [0.3, 0.4) is 0 Å². The highest BCUT2D eigenvalue weighted by Crippen LogP contribution is 2.25. The van der Waals surface area contributed by atoms with Crippen LogP contribution in [0, 0.1) is 5.92 Å². The van der Waals surface area contributed by atoms with E-state index in [9.17, 15) is 9.59 Å². The van der Waals surface area contributed by atoms with Crippen molar-refractivity contribution >= 4 is 16.8 Å². The second-order valence-corrected chi connectivity index (χ2v) is 8.48. The van der Waals surface area contributed by atoms with Crippen LogP contribution in [0.2, 0.25) is 0 Å². The lowest BCUT2D eigenvalue weighted by molar-refractivity contribution is -0.118. The highest BCUT2D eigenvalue weighted by Gasteiger charge is 2.18. The van der Waals surface area contributed by atoms with Crippen LogP contribution in [0.15, 0.2) is 53.3 Å². The lowest BCUT2D eigenvalue weighted by Crippen LogP contribution is -2.34. The Balaban J connectivity index is 1.91. The first-order valence-electron chi connectivity index (χ1n) is 10.9. The fourth-order valence-corrected chi connectivity index (χ4v) is 3.88. The lowest BCUT2D eigenvalue weighted by atomic mass is 9.92. The maximum atomic E-state index is 13.0. The summed E-state index contributed by atoms with van der Waals surface area (Å²) in [6.45, 7) is 8.90. The third-order valence-corrected chi connectivity index (χ3v) is 5.88. The molecule has 3 aromatic rings. The molecule has 0 fully saturated rings. The van der Waals surface area contributed by atoms with Gasteiger partial charge in [-0.25, -0.2) is 4.98 Å². The molecule has 1 aromatic heterocycles. The molecule has 164 valence electrons. The van der Waals surface area contributed by atoms with E-state index in [0.717, 1.165) is 6.42 Å². The fourth-order valence-electron chi connectivity index (χ4n) is 3.88. The minimum atomic E-state index is -0.568. The van der Waals surface area contributed by atoms with Gasteiger partial charge in [0.2, 0.25) is 5.91 Å². The number of fused-ring (bicyclic) bond motifs is 1. The van der Waals surface area contributed by atoms with Crippen LogP contribution < -0.4 is 16.6 Å². The van der Waals surface area contributed by atoms with Gasteiger partial charge in [0.25, 0.3) is 5.56 Å². The van der Waals surface area contributed by atoms with Crippen LogP contribution in [0.1, 0.15) is 63.0 Å². The molecular formula is C25H32N4O2. The number of nitrogens with two attached hydrogens (primary N) is 1. The molecule has 31 heavy (non-hydrogen) atoms. The second-order valence-electron chi connectivity index (χ2n) is 8.48. The minimum absolute atomic E-state index is 0.0800. The molecule has 0 aliphatic rings. The van der Waals surface area contributed by atoms with Crippen molar-refractivity contribution in [2.24, 2.45) is 11.7 Å². The van der Waals surface area contributed by atoms with Crippen molar-refractivity contribution in [2.75, 3.05) is 0 Å². The summed E-state index contributed by atoms with van der Waals surface area (Å²) < 4.78 is 1.38. The van der Waals surface area contributed by atoms with Crippen LogP contribution >= 0.6 is 0 Å². The highest BCUT2D eigenvalue weighted by molar-refractivity contribution is 5.78. The molecule has 0 spiro atoms. The number of nitrogens with one attached hydrogen (secondary N) is 1. The highest BCUT2D eigenvalue weighted by atomic mass is 16.2. The number of amides is 1. The van der Waals surface area contributed by atoms with Gasteiger partial charge in [-0.2, -0.15) is 0 Å². The van der Waals surface area contributed by atoms with Crippen molar-refractivity contribution in [1.82, 2.24) is 14.9 Å². The van der Waals surface area contributed by atoms with Crippen LogP contribution in [0.25, 0.3) is 10.9 Å². The number of rotatable bonds is 9. The molecule has 0 aliphatic heterocycles. The third-order valence-electron chi connectivity index (χ3n) is 5.88. The molecule has 2 aromatic carbocycles. The quantitative estimate of drug-likeness (QED) is 0.550. The molecule has 0 unspecified atom stereocenters. The Morgan fingerprint density at radius 2 is 1.71 bits per heavy atom. The molecule has 1 heterocycles. The molecule has 0 aliphatic carbocycles. The van der Waals surface area contributed by atoms with Gasteiger partial charge in [-0.1, -0.05) is 64.1 Å². The average molecular weight is 421 g/mol. The summed E-state index contributed by atoms with van der Waals surface area (Å²) in [5.41, 5.74) is 8.29. The van der Waals surface area contributed by atoms with E-state index < -0.39 is 5.91 Å². The normalized spacial score (nSPS) is 13.5. The number of carbonyl (C=O) groups excluding carboxylic acids is 1. The van der Waals surface area contributed by atoms with Gasteiger partial charge in [-0.05, 0) is 41.5 Å². The zero-order chi connectivity index (χ0) is 22.5. The molecule has 0 saturated heterocycles. The standard InChI is InChI=1S/C25H32N4O2/c1-5-17(4)18-10-12-19(13-11-18)24(16(2)3)27-14-23-28-21-9-7-6-8-20(21)25(31)29(23)15-22(26)30/h6-13,16-17,24,27H,5,14-15H2,1-4H3,(H2,26,30)/t17-,24-/m0/s1. The Hall–Kier alpha value is -2.99. The van der Waals surface area contributed by atoms with Gasteiger partial charge < -0.3 is 11.1 Å².